The van der Waals surface area contributed by atoms with Crippen LogP contribution in [0, 0.1) is 6.92 Å². The van der Waals surface area contributed by atoms with Gasteiger partial charge in [0.15, 0.2) is 0 Å². The van der Waals surface area contributed by atoms with Gasteiger partial charge in [0.05, 0.1) is 19.1 Å². The summed E-state index contributed by atoms with van der Waals surface area (Å²) < 4.78 is 8.27. The highest BCUT2D eigenvalue weighted by Crippen LogP contribution is 2.47. The van der Waals surface area contributed by atoms with E-state index in [1.165, 1.54) is 54.1 Å². The number of aromatic nitrogens is 2. The molecule has 4 heterocycles. The summed E-state index contributed by atoms with van der Waals surface area (Å²) in [6.45, 7) is 10.9. The number of unbranched alkanes of at least 4 members (excludes halogenated alkanes) is 1. The van der Waals surface area contributed by atoms with Gasteiger partial charge in [-0.3, -0.25) is 91.3 Å². The van der Waals surface area contributed by atoms with Crippen LogP contribution in [0.25, 0.3) is 21.7 Å². The normalized spacial score (nSPS) is 19.4. The number of carboxylic acids is 1. The van der Waals surface area contributed by atoms with Crippen molar-refractivity contribution in [3.63, 3.8) is 0 Å². The summed E-state index contributed by atoms with van der Waals surface area (Å²) in [4.78, 5) is 266. The number of aliphatic hydroxyl groups excluding tert-OH is 1. The van der Waals surface area contributed by atoms with Gasteiger partial charge in [0.25, 0.3) is 0 Å². The number of nitrogens with zero attached hydrogens (tertiary/aromatic N) is 2. The van der Waals surface area contributed by atoms with Gasteiger partial charge in [-0.1, -0.05) is 100 Å². The third-order valence-corrected chi connectivity index (χ3v) is 27.2. The number of hydrogen-bond acceptors (Lipinski definition) is 25. The number of aryl methyl sites for hydroxylation is 2. The number of rotatable bonds is 42. The van der Waals surface area contributed by atoms with Crippen LogP contribution >= 0.6 is 21.6 Å². The fourth-order valence-electron chi connectivity index (χ4n) is 15.5. The van der Waals surface area contributed by atoms with Gasteiger partial charge >= 0.3 is 5.97 Å². The number of H-pyrrole nitrogens is 1. The van der Waals surface area contributed by atoms with Crippen molar-refractivity contribution in [1.29, 1.82) is 0 Å². The lowest BCUT2D eigenvalue weighted by atomic mass is 9.87. The molecule has 24 N–H and O–H groups in total. The van der Waals surface area contributed by atoms with Gasteiger partial charge in [-0.05, 0) is 143 Å². The molecule has 2 fully saturated rings. The van der Waals surface area contributed by atoms with Crippen LogP contribution in [0.1, 0.15) is 147 Å². The third-order valence-electron chi connectivity index (χ3n) is 22.9. The Bertz CT molecular complexity index is 5310. The molecule has 0 unspecified atom stereocenters. The maximum absolute atomic E-state index is 16.4. The number of nitrogens with one attached hydrogen (secondary N) is 14. The number of para-hydroxylation sites is 1. The number of benzene rings is 4. The van der Waals surface area contributed by atoms with E-state index >= 15 is 28.8 Å². The van der Waals surface area contributed by atoms with Crippen LogP contribution in [0.3, 0.4) is 0 Å². The van der Waals surface area contributed by atoms with Crippen LogP contribution in [0.2, 0.25) is 0 Å². The van der Waals surface area contributed by atoms with E-state index in [1.807, 2.05) is 19.1 Å². The molecule has 0 bridgehead atoms. The van der Waals surface area contributed by atoms with E-state index in [2.05, 4.69) is 79.1 Å². The highest BCUT2D eigenvalue weighted by atomic mass is 33.1. The lowest BCUT2D eigenvalue weighted by Gasteiger charge is -2.39. The summed E-state index contributed by atoms with van der Waals surface area (Å²) in [5, 5.41) is 58.1. The molecule has 2 aliphatic rings. The lowest BCUT2D eigenvalue weighted by Crippen LogP contribution is -2.67. The predicted molar refractivity (Wildman–Crippen MR) is 503 cm³/mol. The van der Waals surface area contributed by atoms with Crippen molar-refractivity contribution in [1.82, 2.24) is 84.0 Å². The first-order valence-electron chi connectivity index (χ1n) is 44.5. The summed E-state index contributed by atoms with van der Waals surface area (Å²) in [5.74, 6) is -17.9. The Morgan fingerprint density at radius 2 is 1.23 bits per heavy atom. The minimum Gasteiger partial charge on any atom is -0.492 e. The van der Waals surface area contributed by atoms with E-state index in [-0.39, 0.29) is 103 Å². The largest absolute Gasteiger partial charge is 0.492 e. The number of aliphatic hydroxyl groups is 1. The number of hydrogen-bond donors (Lipinski definition) is 20. The second-order valence-corrected chi connectivity index (χ2v) is 38.3. The van der Waals surface area contributed by atoms with Crippen molar-refractivity contribution in [3.8, 4) is 5.75 Å². The van der Waals surface area contributed by atoms with Crippen LogP contribution in [0.4, 0.5) is 0 Å². The van der Waals surface area contributed by atoms with E-state index in [9.17, 15) is 67.7 Å². The number of aliphatic carboxylic acids is 1. The second-order valence-electron chi connectivity index (χ2n) is 34.8. The molecule has 2 aliphatic heterocycles. The van der Waals surface area contributed by atoms with E-state index in [0.717, 1.165) is 51.3 Å². The molecule has 17 amide bonds. The monoisotopic (exact) mass is 1920 g/mol. The van der Waals surface area contributed by atoms with Crippen molar-refractivity contribution in [2.45, 2.75) is 239 Å². The molecule has 2 saturated heterocycles. The van der Waals surface area contributed by atoms with Crippen molar-refractivity contribution in [2.24, 2.45) is 22.9 Å². The maximum Gasteiger partial charge on any atom is 0.303 e. The van der Waals surface area contributed by atoms with E-state index in [1.54, 1.807) is 91.1 Å². The summed E-state index contributed by atoms with van der Waals surface area (Å²) in [6, 6.07) is 8.43. The van der Waals surface area contributed by atoms with Crippen LogP contribution in [0.15, 0.2) is 116 Å². The van der Waals surface area contributed by atoms with Crippen LogP contribution in [-0.4, -0.2) is 266 Å². The molecule has 12 atom stereocenters. The SMILES string of the molecule is CC(=O)NCCCC[C@@H]1NC(=O)[C@H](Cc2c[nH]c3c(C)cccc23)NC(=O)[C@H]([C@@H](C)O)NC(=O)[C@H](CC(N)=O)NC(=O)[C@@H](NC(C)=O)C(C)(C)SSC(C)(C)[C@@H](C(=O)N[C@@H](CCc2ccc(OCCN)cc2)C(=O)N[C@@H](Cc2ccc3ccccc3c2)C(=O)NC2(C(=O)N[C@@H](CCC(=O)O)C(=O)N[C@@H](CCC(N)=O)C(=O)N[C@@H](Cc3cccnc3)C(=O)N(C)CC(N)=O)CCOCC2)NC1=O. The summed E-state index contributed by atoms with van der Waals surface area (Å²) in [6.07, 6.45) is -2.46. The van der Waals surface area contributed by atoms with Crippen molar-refractivity contribution in [2.75, 3.05) is 46.5 Å². The van der Waals surface area contributed by atoms with Crippen LogP contribution < -0.4 is 96.8 Å². The number of amides is 17. The molecule has 42 nitrogen and oxygen atoms in total. The van der Waals surface area contributed by atoms with Gasteiger partial charge in [0.1, 0.15) is 84.4 Å². The molecule has 6 aromatic rings. The Morgan fingerprint density at radius 1 is 0.618 bits per heavy atom. The fourth-order valence-corrected chi connectivity index (χ4v) is 18.3. The molecule has 8 rings (SSSR count). The highest BCUT2D eigenvalue weighted by Gasteiger charge is 2.49. The molecular formula is C92H124N20O22S2. The topological polar surface area (TPSA) is 659 Å². The molecule has 44 heteroatoms. The number of carbonyl (C=O) groups excluding carboxylic acids is 17. The number of fused-ring (bicyclic) bond motifs is 2. The van der Waals surface area contributed by atoms with Crippen molar-refractivity contribution >= 4 is 150 Å². The predicted octanol–water partition coefficient (Wildman–Crippen LogP) is -1.37. The highest BCUT2D eigenvalue weighted by molar-refractivity contribution is 8.77. The minimum atomic E-state index is -2.09. The van der Waals surface area contributed by atoms with Crippen LogP contribution in [-0.2, 0) is 117 Å². The van der Waals surface area contributed by atoms with E-state index in [4.69, 9.17) is 32.4 Å². The fraction of sp³-hybridized carbons (Fsp3) is 0.489. The Balaban J connectivity index is 1.22. The van der Waals surface area contributed by atoms with Gasteiger partial charge in [0.2, 0.25) is 100 Å². The standard InChI is InChI=1S/C92H124N20O22S2/c1-50-16-14-20-61-59(48-99-74(50)61)45-67-82(125)101-62(21-12-13-38-98-52(3)114)81(124)110-77(91(7,8)136-135-90(5,6)76(100-53(4)115)86(129)106-68(46-71(95)117)83(126)109-75(51(2)113)85(128)105-67)87(130)103-63(29-25-54-23-27-60(28-24-54)134-41-36-93)78(121)104-66(43-55-22-26-57-18-10-11-19-58(57)42-55)84(127)111-92(34-39-133-40-35-92)89(132)108-65(31-33-73(119)120)80(123)102-64(30-32-70(94)116)79(122)107-69(44-56-17-15-37-97-47-56)88(131)112(9)49-72(96)118/h10-11,14-20,22-24,26-28,37,42,47-48,51,62-69,75-77,99,113H,12-13,21,25,29-36,38-41,43-46,49,93H2,1-9H3,(H2,94,116)(H2,95,117)(H2,96,118)(H,98,114)(H,100,115)(H,101,125)(H,102,123)(H,103,130)(H,104,121)(H,105,128)(H,106,129)(H,107,122)(H,108,132)(H,109,126)(H,110,124)(H,111,127)(H,119,120)/t51-,62+,63+,64+,65+,66+,67+,68+,69+,75+,76-,77-/m1/s1. The lowest BCUT2D eigenvalue weighted by molar-refractivity contribution is -0.142. The second kappa shape index (κ2) is 50.8. The Morgan fingerprint density at radius 3 is 1.86 bits per heavy atom. The molecule has 4 aromatic carbocycles. The van der Waals surface area contributed by atoms with Gasteiger partial charge in [-0.25, -0.2) is 0 Å². The number of primary amides is 3. The van der Waals surface area contributed by atoms with Crippen molar-refractivity contribution in [3.05, 3.63) is 143 Å². The number of carbonyl (C=O) groups is 18. The number of nitrogens with two attached hydrogens (primary N) is 4. The molecule has 136 heavy (non-hydrogen) atoms. The zero-order valence-corrected chi connectivity index (χ0v) is 79.0. The molecule has 736 valence electrons. The molecular weight excluding hydrogens is 1800 g/mol. The average molecular weight is 1930 g/mol. The van der Waals surface area contributed by atoms with Crippen LogP contribution in [0.5, 0.6) is 5.75 Å². The first kappa shape index (κ1) is 108. The first-order chi connectivity index (χ1) is 64.4. The third kappa shape index (κ3) is 32.5. The number of ether oxygens (including phenoxy) is 2. The van der Waals surface area contributed by atoms with Gasteiger partial charge in [0, 0.05) is 131 Å². The molecule has 0 radical (unpaired) electrons. The Labute approximate surface area is 793 Å². The zero-order chi connectivity index (χ0) is 99.9. The summed E-state index contributed by atoms with van der Waals surface area (Å²) in [5.41, 5.74) is 23.7. The number of carboxylic acid groups (broad SMARTS) is 1. The summed E-state index contributed by atoms with van der Waals surface area (Å²) in [7, 11) is 3.05. The zero-order valence-electron chi connectivity index (χ0n) is 77.3. The molecule has 2 aromatic heterocycles. The number of aromatic amines is 1. The van der Waals surface area contributed by atoms with Gasteiger partial charge < -0.3 is 122 Å². The quantitative estimate of drug-likeness (QED) is 0.0155. The molecule has 0 spiro atoms. The Hall–Kier alpha value is -13.3. The number of pyridine rings is 1. The smallest absolute Gasteiger partial charge is 0.303 e. The van der Waals surface area contributed by atoms with Crippen molar-refractivity contribution < 1.29 is 106 Å². The van der Waals surface area contributed by atoms with E-state index in [0.29, 0.717) is 44.3 Å². The molecule has 0 saturated carbocycles. The Kier molecular flexibility index (Phi) is 40.4. The number of likely N-dealkylation sites (N-methyl/N-ethyl adjacent to an activating group) is 1. The molecule has 0 aliphatic carbocycles. The van der Waals surface area contributed by atoms with Gasteiger partial charge in [-0.15, -0.1) is 0 Å². The average Bonchev–Trinajstić information content (AvgIpc) is 1.00. The van der Waals surface area contributed by atoms with Gasteiger partial charge in [-0.2, -0.15) is 0 Å². The summed E-state index contributed by atoms with van der Waals surface area (Å²) >= 11 is 0. The minimum absolute atomic E-state index is 0.0237. The van der Waals surface area contributed by atoms with E-state index < -0.39 is 227 Å². The first-order valence-corrected chi connectivity index (χ1v) is 46.7. The maximum atomic E-state index is 16.4.